The summed E-state index contributed by atoms with van der Waals surface area (Å²) in [5, 5.41) is 9.26. The van der Waals surface area contributed by atoms with Crippen molar-refractivity contribution >= 4 is 40.3 Å². The Kier molecular flexibility index (Phi) is 6.48. The smallest absolute Gasteiger partial charge is 0.266 e. The molecule has 2 aromatic rings. The third-order valence-corrected chi connectivity index (χ3v) is 6.39. The number of ether oxygens (including phenoxy) is 2. The van der Waals surface area contributed by atoms with Crippen molar-refractivity contribution in [2.75, 3.05) is 13.2 Å². The van der Waals surface area contributed by atoms with Gasteiger partial charge in [-0.15, -0.1) is 0 Å². The minimum atomic E-state index is -0.0925. The van der Waals surface area contributed by atoms with Crippen LogP contribution in [-0.2, 0) is 16.1 Å². The fourth-order valence-electron chi connectivity index (χ4n) is 3.43. The maximum Gasteiger partial charge on any atom is 0.266 e. The van der Waals surface area contributed by atoms with E-state index in [0.717, 1.165) is 30.6 Å². The maximum absolute atomic E-state index is 12.9. The van der Waals surface area contributed by atoms with Gasteiger partial charge in [-0.2, -0.15) is 5.26 Å². The zero-order valence-electron chi connectivity index (χ0n) is 16.2. The second-order valence-corrected chi connectivity index (χ2v) is 8.70. The number of thiocarbonyl (C=S) groups is 1. The lowest BCUT2D eigenvalue weighted by Crippen LogP contribution is -2.35. The van der Waals surface area contributed by atoms with Crippen molar-refractivity contribution in [1.29, 1.82) is 5.26 Å². The highest BCUT2D eigenvalue weighted by Gasteiger charge is 2.34. The highest BCUT2D eigenvalue weighted by Crippen LogP contribution is 2.35. The number of benzene rings is 2. The zero-order valence-corrected chi connectivity index (χ0v) is 17.9. The Morgan fingerprint density at radius 3 is 2.87 bits per heavy atom. The number of amides is 1. The Hall–Kier alpha value is -2.66. The van der Waals surface area contributed by atoms with Crippen molar-refractivity contribution in [2.24, 2.45) is 0 Å². The molecule has 152 valence electrons. The summed E-state index contributed by atoms with van der Waals surface area (Å²) in [6.07, 6.45) is 3.86. The minimum Gasteiger partial charge on any atom is -0.488 e. The van der Waals surface area contributed by atoms with Gasteiger partial charge in [0.05, 0.1) is 29.2 Å². The van der Waals surface area contributed by atoms with Crippen molar-refractivity contribution < 1.29 is 14.3 Å². The summed E-state index contributed by atoms with van der Waals surface area (Å²) >= 11 is 6.73. The fraction of sp³-hybridized carbons (Fsp3) is 0.261. The number of carbonyl (C=O) groups excluding carboxylic acids is 1. The predicted molar refractivity (Wildman–Crippen MR) is 121 cm³/mol. The van der Waals surface area contributed by atoms with Crippen LogP contribution in [0.1, 0.15) is 29.5 Å². The molecule has 0 unspecified atom stereocenters. The van der Waals surface area contributed by atoms with E-state index in [1.54, 1.807) is 11.0 Å². The lowest BCUT2D eigenvalue weighted by Gasteiger charge is -2.18. The Labute approximate surface area is 185 Å². The molecule has 0 N–H and O–H groups in total. The molecule has 1 amide bonds. The largest absolute Gasteiger partial charge is 0.488 e. The standard InChI is InChI=1S/C23H20N2O3S2/c24-13-17-7-1-2-8-18(17)15-28-20-10-4-3-6-16(20)12-21-22(26)25(23(29)30-21)14-19-9-5-11-27-19/h1-4,6-8,10,12,19H,5,9,11,14-15H2/b21-12-/t19-/m0/s1. The summed E-state index contributed by atoms with van der Waals surface area (Å²) in [7, 11) is 0. The van der Waals surface area contributed by atoms with E-state index >= 15 is 0 Å². The quantitative estimate of drug-likeness (QED) is 0.490. The predicted octanol–water partition coefficient (Wildman–Crippen LogP) is 4.52. The van der Waals surface area contributed by atoms with Gasteiger partial charge in [-0.1, -0.05) is 60.4 Å². The molecular weight excluding hydrogens is 416 g/mol. The highest BCUT2D eigenvalue weighted by molar-refractivity contribution is 8.26. The number of thioether (sulfide) groups is 1. The van der Waals surface area contributed by atoms with Crippen LogP contribution in [0.25, 0.3) is 6.08 Å². The molecule has 0 radical (unpaired) electrons. The Balaban J connectivity index is 1.51. The maximum atomic E-state index is 12.9. The van der Waals surface area contributed by atoms with Crippen LogP contribution in [0.15, 0.2) is 53.4 Å². The van der Waals surface area contributed by atoms with E-state index in [2.05, 4.69) is 6.07 Å². The second kappa shape index (κ2) is 9.43. The monoisotopic (exact) mass is 436 g/mol. The number of nitriles is 1. The molecule has 5 nitrogen and oxygen atoms in total. The molecule has 1 atom stereocenters. The molecule has 2 aliphatic heterocycles. The van der Waals surface area contributed by atoms with Crippen LogP contribution >= 0.6 is 24.0 Å². The number of rotatable bonds is 6. The Bertz CT molecular complexity index is 1040. The molecule has 2 aliphatic rings. The SMILES string of the molecule is N#Cc1ccccc1COc1ccccc1/C=C1\SC(=S)N(C[C@@H]2CCCO2)C1=O. The number of carbonyl (C=O) groups is 1. The first kappa shape index (κ1) is 20.6. The van der Waals surface area contributed by atoms with Crippen LogP contribution in [0, 0.1) is 11.3 Å². The van der Waals surface area contributed by atoms with E-state index < -0.39 is 0 Å². The summed E-state index contributed by atoms with van der Waals surface area (Å²) in [4.78, 5) is 15.1. The molecule has 2 heterocycles. The molecule has 4 rings (SSSR count). The van der Waals surface area contributed by atoms with Gasteiger partial charge in [-0.25, -0.2) is 0 Å². The lowest BCUT2D eigenvalue weighted by atomic mass is 10.1. The van der Waals surface area contributed by atoms with Crippen LogP contribution in [0.2, 0.25) is 0 Å². The summed E-state index contributed by atoms with van der Waals surface area (Å²) < 4.78 is 12.2. The van der Waals surface area contributed by atoms with Gasteiger partial charge in [-0.3, -0.25) is 9.69 Å². The summed E-state index contributed by atoms with van der Waals surface area (Å²) in [6, 6.07) is 17.1. The van der Waals surface area contributed by atoms with Crippen molar-refractivity contribution in [3.8, 4) is 11.8 Å². The normalized spacial score (nSPS) is 20.0. The van der Waals surface area contributed by atoms with E-state index in [0.29, 0.717) is 27.1 Å². The van der Waals surface area contributed by atoms with Crippen LogP contribution in [-0.4, -0.2) is 34.4 Å². The molecule has 0 spiro atoms. The van der Waals surface area contributed by atoms with Gasteiger partial charge in [0.1, 0.15) is 16.7 Å². The first-order valence-electron chi connectivity index (χ1n) is 9.72. The van der Waals surface area contributed by atoms with Gasteiger partial charge in [0.15, 0.2) is 0 Å². The van der Waals surface area contributed by atoms with Gasteiger partial charge < -0.3 is 9.47 Å². The average molecular weight is 437 g/mol. The van der Waals surface area contributed by atoms with Crippen LogP contribution in [0.5, 0.6) is 5.75 Å². The number of nitrogens with zero attached hydrogens (tertiary/aromatic N) is 2. The van der Waals surface area contributed by atoms with Crippen molar-refractivity contribution in [1.82, 2.24) is 4.90 Å². The van der Waals surface area contributed by atoms with Gasteiger partial charge in [0.25, 0.3) is 5.91 Å². The van der Waals surface area contributed by atoms with E-state index in [4.69, 9.17) is 21.7 Å². The lowest BCUT2D eigenvalue weighted by molar-refractivity contribution is -0.123. The summed E-state index contributed by atoms with van der Waals surface area (Å²) in [6.45, 7) is 1.52. The number of para-hydroxylation sites is 1. The molecule has 2 fully saturated rings. The molecule has 0 aromatic heterocycles. The summed E-state index contributed by atoms with van der Waals surface area (Å²) in [5.74, 6) is 0.555. The molecular formula is C23H20N2O3S2. The third kappa shape index (κ3) is 4.57. The molecule has 7 heteroatoms. The fourth-order valence-corrected chi connectivity index (χ4v) is 4.70. The number of hydrogen-bond donors (Lipinski definition) is 0. The van der Waals surface area contributed by atoms with Gasteiger partial charge in [0, 0.05) is 17.7 Å². The molecule has 0 aliphatic carbocycles. The minimum absolute atomic E-state index is 0.0580. The van der Waals surface area contributed by atoms with Gasteiger partial charge >= 0.3 is 0 Å². The van der Waals surface area contributed by atoms with Crippen LogP contribution < -0.4 is 4.74 Å². The second-order valence-electron chi connectivity index (χ2n) is 7.02. The first-order valence-corrected chi connectivity index (χ1v) is 10.9. The molecule has 0 bridgehead atoms. The molecule has 0 saturated carbocycles. The molecule has 2 saturated heterocycles. The molecule has 30 heavy (non-hydrogen) atoms. The third-order valence-electron chi connectivity index (χ3n) is 5.01. The van der Waals surface area contributed by atoms with E-state index in [-0.39, 0.29) is 18.6 Å². The van der Waals surface area contributed by atoms with Crippen molar-refractivity contribution in [3.63, 3.8) is 0 Å². The topological polar surface area (TPSA) is 62.6 Å². The van der Waals surface area contributed by atoms with Crippen LogP contribution in [0.3, 0.4) is 0 Å². The highest BCUT2D eigenvalue weighted by atomic mass is 32.2. The van der Waals surface area contributed by atoms with Crippen molar-refractivity contribution in [2.45, 2.75) is 25.6 Å². The molecule has 2 aromatic carbocycles. The zero-order chi connectivity index (χ0) is 20.9. The van der Waals surface area contributed by atoms with Crippen molar-refractivity contribution in [3.05, 3.63) is 70.1 Å². The van der Waals surface area contributed by atoms with Gasteiger partial charge in [-0.05, 0) is 31.1 Å². The van der Waals surface area contributed by atoms with E-state index in [1.165, 1.54) is 11.8 Å². The van der Waals surface area contributed by atoms with Gasteiger partial charge in [0.2, 0.25) is 0 Å². The first-order chi connectivity index (χ1) is 14.7. The Morgan fingerprint density at radius 1 is 1.27 bits per heavy atom. The van der Waals surface area contributed by atoms with Crippen LogP contribution in [0.4, 0.5) is 0 Å². The Morgan fingerprint density at radius 2 is 2.07 bits per heavy atom. The van der Waals surface area contributed by atoms with E-state index in [1.807, 2.05) is 48.5 Å². The summed E-state index contributed by atoms with van der Waals surface area (Å²) in [5.41, 5.74) is 2.20. The number of hydrogen-bond acceptors (Lipinski definition) is 6. The van der Waals surface area contributed by atoms with E-state index in [9.17, 15) is 10.1 Å². The average Bonchev–Trinajstić information content (AvgIpc) is 3.37.